The number of nitrogens with zero attached hydrogens (tertiary/aromatic N) is 2. The van der Waals surface area contributed by atoms with Crippen molar-refractivity contribution >= 4 is 0 Å². The van der Waals surface area contributed by atoms with E-state index in [1.165, 1.54) is 39.1 Å². The van der Waals surface area contributed by atoms with E-state index in [2.05, 4.69) is 55.2 Å². The van der Waals surface area contributed by atoms with Gasteiger partial charge in [0.2, 0.25) is 0 Å². The summed E-state index contributed by atoms with van der Waals surface area (Å²) in [5.74, 6) is 0.189. The second-order valence-electron chi connectivity index (χ2n) is 9.57. The maximum Gasteiger partial charge on any atom is 0.348 e. The predicted octanol–water partition coefficient (Wildman–Crippen LogP) is 4.49. The molecule has 34 heavy (non-hydrogen) atoms. The van der Waals surface area contributed by atoms with E-state index >= 15 is 0 Å². The number of benzene rings is 3. The van der Waals surface area contributed by atoms with Crippen molar-refractivity contribution in [2.24, 2.45) is 5.73 Å². The highest BCUT2D eigenvalue weighted by Gasteiger charge is 2.44. The third-order valence-electron chi connectivity index (χ3n) is 6.83. The first-order valence-corrected chi connectivity index (χ1v) is 11.7. The molecule has 3 N–H and O–H groups in total. The molecule has 0 aliphatic heterocycles. The molecule has 0 bridgehead atoms. The molecule has 3 aromatic carbocycles. The Balaban J connectivity index is 1.84. The Hall–Kier alpha value is -3.51. The molecule has 5 rings (SSSR count). The topological polar surface area (TPSA) is 76.7 Å². The zero-order chi connectivity index (χ0) is 24.0. The van der Waals surface area contributed by atoms with E-state index in [1.807, 2.05) is 6.92 Å². The largest absolute Gasteiger partial charge is 0.348 e. The van der Waals surface area contributed by atoms with E-state index in [4.69, 9.17) is 10.8 Å². The molecule has 0 unspecified atom stereocenters. The van der Waals surface area contributed by atoms with Crippen molar-refractivity contribution < 1.29 is 4.39 Å². The molecule has 0 saturated heterocycles. The Morgan fingerprint density at radius 1 is 1.00 bits per heavy atom. The van der Waals surface area contributed by atoms with Gasteiger partial charge in [-0.2, -0.15) is 4.68 Å². The van der Waals surface area contributed by atoms with Crippen molar-refractivity contribution in [3.8, 4) is 5.69 Å². The summed E-state index contributed by atoms with van der Waals surface area (Å²) in [5.41, 5.74) is 13.0. The standard InChI is InChI=1S/C28H29FN4O/c1-17-4-12-24-20(14-17)6-7-21-15-18(2)5-13-25(21)28(24,16-19(3)30)26-31-27(34)33(32-26)23-10-8-22(29)9-11-23/h4-5,8-15,19H,6-7,16,30H2,1-3H3,(H,31,32,34)/t19-/m1/s1. The van der Waals surface area contributed by atoms with Crippen molar-refractivity contribution in [2.75, 3.05) is 0 Å². The van der Waals surface area contributed by atoms with E-state index < -0.39 is 5.41 Å². The lowest BCUT2D eigenvalue weighted by molar-refractivity contribution is 0.474. The van der Waals surface area contributed by atoms with Crippen LogP contribution < -0.4 is 11.4 Å². The monoisotopic (exact) mass is 456 g/mol. The Morgan fingerprint density at radius 2 is 1.56 bits per heavy atom. The lowest BCUT2D eigenvalue weighted by Gasteiger charge is -2.36. The van der Waals surface area contributed by atoms with Crippen LogP contribution in [0.15, 0.2) is 65.5 Å². The number of hydrogen-bond donors (Lipinski definition) is 2. The van der Waals surface area contributed by atoms with Gasteiger partial charge in [0.15, 0.2) is 0 Å². The van der Waals surface area contributed by atoms with Crippen LogP contribution in [0.2, 0.25) is 0 Å². The molecule has 1 atom stereocenters. The first-order chi connectivity index (χ1) is 16.3. The number of fused-ring (bicyclic) bond motifs is 2. The molecular formula is C28H29FN4O. The highest BCUT2D eigenvalue weighted by atomic mass is 19.1. The fourth-order valence-electron chi connectivity index (χ4n) is 5.43. The number of nitrogens with one attached hydrogen (secondary N) is 1. The van der Waals surface area contributed by atoms with Crippen LogP contribution >= 0.6 is 0 Å². The van der Waals surface area contributed by atoms with Gasteiger partial charge in [-0.3, -0.25) is 4.98 Å². The molecule has 0 amide bonds. The molecule has 1 aromatic heterocycles. The van der Waals surface area contributed by atoms with E-state index in [1.54, 1.807) is 12.1 Å². The average molecular weight is 457 g/mol. The molecule has 1 aliphatic rings. The van der Waals surface area contributed by atoms with Gasteiger partial charge in [0.1, 0.15) is 11.6 Å². The van der Waals surface area contributed by atoms with Gasteiger partial charge in [0.05, 0.1) is 11.1 Å². The Morgan fingerprint density at radius 3 is 2.09 bits per heavy atom. The Kier molecular flexibility index (Phi) is 5.48. The van der Waals surface area contributed by atoms with Crippen LogP contribution in [0.25, 0.3) is 5.69 Å². The van der Waals surface area contributed by atoms with Crippen LogP contribution in [-0.2, 0) is 18.3 Å². The van der Waals surface area contributed by atoms with Gasteiger partial charge >= 0.3 is 5.69 Å². The van der Waals surface area contributed by atoms with E-state index in [-0.39, 0.29) is 17.5 Å². The molecule has 0 fully saturated rings. The Labute approximate surface area is 198 Å². The van der Waals surface area contributed by atoms with Gasteiger partial charge in [-0.05, 0) is 86.6 Å². The third kappa shape index (κ3) is 3.68. The van der Waals surface area contributed by atoms with Crippen LogP contribution in [0, 0.1) is 19.7 Å². The SMILES string of the molecule is Cc1ccc2c(c1)CCc1cc(C)ccc1C2(C[C@@H](C)N)c1nn(-c2ccc(F)cc2)c(=O)[nH]1. The summed E-state index contributed by atoms with van der Waals surface area (Å²) >= 11 is 0. The van der Waals surface area contributed by atoms with Crippen molar-refractivity contribution in [2.45, 2.75) is 51.5 Å². The summed E-state index contributed by atoms with van der Waals surface area (Å²) in [6, 6.07) is 18.6. The van der Waals surface area contributed by atoms with Gasteiger partial charge in [0.25, 0.3) is 0 Å². The highest BCUT2D eigenvalue weighted by Crippen LogP contribution is 2.46. The number of aromatic nitrogens is 3. The minimum absolute atomic E-state index is 0.152. The van der Waals surface area contributed by atoms with Crippen LogP contribution in [-0.4, -0.2) is 20.8 Å². The number of aryl methyl sites for hydroxylation is 4. The molecule has 0 saturated carbocycles. The molecule has 1 heterocycles. The van der Waals surface area contributed by atoms with Crippen molar-refractivity contribution in [3.05, 3.63) is 116 Å². The summed E-state index contributed by atoms with van der Waals surface area (Å²) in [5, 5.41) is 4.81. The summed E-state index contributed by atoms with van der Waals surface area (Å²) in [4.78, 5) is 16.2. The summed E-state index contributed by atoms with van der Waals surface area (Å²) in [6.07, 6.45) is 2.38. The number of nitrogens with two attached hydrogens (primary N) is 1. The van der Waals surface area contributed by atoms with Gasteiger partial charge in [-0.1, -0.05) is 47.5 Å². The predicted molar refractivity (Wildman–Crippen MR) is 132 cm³/mol. The second-order valence-corrected chi connectivity index (χ2v) is 9.57. The lowest BCUT2D eigenvalue weighted by atomic mass is 9.68. The third-order valence-corrected chi connectivity index (χ3v) is 6.83. The summed E-state index contributed by atoms with van der Waals surface area (Å²) in [7, 11) is 0. The van der Waals surface area contributed by atoms with Crippen LogP contribution in [0.3, 0.4) is 0 Å². The summed E-state index contributed by atoms with van der Waals surface area (Å²) < 4.78 is 14.8. The molecule has 6 heteroatoms. The number of hydrogen-bond acceptors (Lipinski definition) is 3. The minimum atomic E-state index is -0.721. The normalized spacial score (nSPS) is 15.3. The zero-order valence-corrected chi connectivity index (χ0v) is 19.7. The maximum atomic E-state index is 13.5. The molecule has 174 valence electrons. The quantitative estimate of drug-likeness (QED) is 0.475. The van der Waals surface area contributed by atoms with E-state index in [0.29, 0.717) is 17.9 Å². The minimum Gasteiger partial charge on any atom is -0.328 e. The van der Waals surface area contributed by atoms with Crippen molar-refractivity contribution in [3.63, 3.8) is 0 Å². The molecule has 0 spiro atoms. The fourth-order valence-corrected chi connectivity index (χ4v) is 5.43. The van der Waals surface area contributed by atoms with E-state index in [0.717, 1.165) is 24.0 Å². The van der Waals surface area contributed by atoms with Gasteiger partial charge in [-0.15, -0.1) is 5.10 Å². The smallest absolute Gasteiger partial charge is 0.328 e. The highest BCUT2D eigenvalue weighted by molar-refractivity contribution is 5.56. The van der Waals surface area contributed by atoms with Crippen molar-refractivity contribution in [1.29, 1.82) is 0 Å². The van der Waals surface area contributed by atoms with Crippen LogP contribution in [0.1, 0.15) is 52.5 Å². The molecule has 5 nitrogen and oxygen atoms in total. The first kappa shape index (κ1) is 22.3. The van der Waals surface area contributed by atoms with Gasteiger partial charge < -0.3 is 5.73 Å². The number of aromatic amines is 1. The van der Waals surface area contributed by atoms with Gasteiger partial charge in [0, 0.05) is 6.04 Å². The Bertz CT molecular complexity index is 1360. The van der Waals surface area contributed by atoms with Crippen LogP contribution in [0.5, 0.6) is 0 Å². The zero-order valence-electron chi connectivity index (χ0n) is 19.7. The molecule has 0 radical (unpaired) electrons. The first-order valence-electron chi connectivity index (χ1n) is 11.7. The molecule has 1 aliphatic carbocycles. The number of rotatable bonds is 4. The van der Waals surface area contributed by atoms with Gasteiger partial charge in [-0.25, -0.2) is 9.18 Å². The molecule has 4 aromatic rings. The second kappa shape index (κ2) is 8.37. The maximum absolute atomic E-state index is 13.5. The fraction of sp³-hybridized carbons (Fsp3) is 0.286. The average Bonchev–Trinajstić information content (AvgIpc) is 3.13. The van der Waals surface area contributed by atoms with E-state index in [9.17, 15) is 9.18 Å². The van der Waals surface area contributed by atoms with Crippen LogP contribution in [0.4, 0.5) is 4.39 Å². The van der Waals surface area contributed by atoms with Crippen molar-refractivity contribution in [1.82, 2.24) is 14.8 Å². The number of H-pyrrole nitrogens is 1. The lowest BCUT2D eigenvalue weighted by Crippen LogP contribution is -2.38. The summed E-state index contributed by atoms with van der Waals surface area (Å²) in [6.45, 7) is 6.19. The number of halogens is 1. The molecular weight excluding hydrogens is 427 g/mol.